The van der Waals surface area contributed by atoms with Crippen LogP contribution >= 0.6 is 0 Å². The zero-order valence-electron chi connectivity index (χ0n) is 17.0. The van der Waals surface area contributed by atoms with Crippen LogP contribution in [-0.4, -0.2) is 22.8 Å². The van der Waals surface area contributed by atoms with E-state index in [1.54, 1.807) is 66.7 Å². The van der Waals surface area contributed by atoms with Gasteiger partial charge < -0.3 is 9.84 Å². The summed E-state index contributed by atoms with van der Waals surface area (Å²) in [4.78, 5) is 38.7. The summed E-state index contributed by atoms with van der Waals surface area (Å²) >= 11 is 0. The van der Waals surface area contributed by atoms with Gasteiger partial charge in [0.05, 0.1) is 12.7 Å². The van der Waals surface area contributed by atoms with Gasteiger partial charge in [0, 0.05) is 6.08 Å². The molecule has 0 radical (unpaired) electrons. The van der Waals surface area contributed by atoms with Crippen LogP contribution in [0.2, 0.25) is 0 Å². The van der Waals surface area contributed by atoms with E-state index >= 15 is 0 Å². The van der Waals surface area contributed by atoms with Gasteiger partial charge >= 0.3 is 11.5 Å². The average Bonchev–Trinajstić information content (AvgIpc) is 2.83. The van der Waals surface area contributed by atoms with Crippen LogP contribution in [0.5, 0.6) is 5.75 Å². The van der Waals surface area contributed by atoms with Crippen LogP contribution in [0.25, 0.3) is 28.7 Å². The second-order valence-corrected chi connectivity index (χ2v) is 6.93. The van der Waals surface area contributed by atoms with Crippen LogP contribution in [0.4, 0.5) is 5.69 Å². The minimum Gasteiger partial charge on any atom is -0.497 e. The molecule has 4 rings (SSSR count). The van der Waals surface area contributed by atoms with Crippen LogP contribution in [0.3, 0.4) is 0 Å². The van der Waals surface area contributed by atoms with Crippen molar-refractivity contribution < 1.29 is 19.6 Å². The van der Waals surface area contributed by atoms with E-state index in [1.165, 1.54) is 23.8 Å². The number of aromatic nitrogens is 2. The van der Waals surface area contributed by atoms with E-state index in [4.69, 9.17) is 4.74 Å². The number of hydrogen-bond donors (Lipinski definition) is 1. The van der Waals surface area contributed by atoms with Gasteiger partial charge in [-0.25, -0.2) is 14.6 Å². The van der Waals surface area contributed by atoms with E-state index in [1.807, 2.05) is 0 Å². The molecule has 0 atom stereocenters. The molecular weight excluding hydrogens is 410 g/mol. The van der Waals surface area contributed by atoms with Crippen LogP contribution in [0, 0.1) is 4.91 Å². The Labute approximate surface area is 182 Å². The summed E-state index contributed by atoms with van der Waals surface area (Å²) < 4.78 is 6.70. The maximum absolute atomic E-state index is 13.4. The molecule has 0 aliphatic rings. The molecule has 0 amide bonds. The molecule has 0 unspecified atom stereocenters. The number of H-pyrrole nitrogens is 1. The number of fused-ring (bicyclic) bond motifs is 1. The number of carbonyl (C=O) groups is 1. The van der Waals surface area contributed by atoms with Gasteiger partial charge in [0.1, 0.15) is 28.0 Å². The Balaban J connectivity index is 1.92. The molecule has 0 saturated carbocycles. The molecule has 0 aliphatic carbocycles. The van der Waals surface area contributed by atoms with Gasteiger partial charge in [-0.15, -0.1) is 4.91 Å². The van der Waals surface area contributed by atoms with E-state index in [-0.39, 0.29) is 11.1 Å². The van der Waals surface area contributed by atoms with E-state index in [0.717, 1.165) is 5.56 Å². The Kier molecular flexibility index (Phi) is 5.59. The van der Waals surface area contributed by atoms with E-state index in [2.05, 4.69) is 10.2 Å². The molecule has 8 heteroatoms. The Morgan fingerprint density at radius 2 is 1.84 bits per heavy atom. The number of nitrogens with one attached hydrogen (secondary N) is 1. The molecule has 0 aliphatic heterocycles. The highest BCUT2D eigenvalue weighted by Gasteiger charge is 2.19. The van der Waals surface area contributed by atoms with Crippen molar-refractivity contribution in [3.05, 3.63) is 98.9 Å². The number of hydrogen-bond acceptors (Lipinski definition) is 5. The maximum atomic E-state index is 13.4. The van der Waals surface area contributed by atoms with E-state index < -0.39 is 5.97 Å². The van der Waals surface area contributed by atoms with Crippen molar-refractivity contribution in [2.24, 2.45) is 5.18 Å². The third-order valence-corrected chi connectivity index (χ3v) is 4.95. The second kappa shape index (κ2) is 8.65. The number of nitroso groups, excluding NO2 is 1. The number of nitrogens with zero attached hydrogens (tertiary/aromatic N) is 2. The summed E-state index contributed by atoms with van der Waals surface area (Å²) in [5.41, 5.74) is 1.93. The van der Waals surface area contributed by atoms with E-state index in [0.29, 0.717) is 33.9 Å². The number of aromatic amines is 1. The fourth-order valence-electron chi connectivity index (χ4n) is 3.35. The Hall–Kier alpha value is -4.59. The van der Waals surface area contributed by atoms with Gasteiger partial charge in [-0.3, -0.25) is 0 Å². The fourth-order valence-corrected chi connectivity index (χ4v) is 3.35. The molecule has 2 N–H and O–H groups in total. The van der Waals surface area contributed by atoms with Crippen molar-refractivity contribution in [2.75, 3.05) is 7.11 Å². The molecule has 158 valence electrons. The first kappa shape index (κ1) is 20.7. The number of benzene rings is 3. The highest BCUT2D eigenvalue weighted by molar-refractivity contribution is 5.87. The third kappa shape index (κ3) is 4.01. The van der Waals surface area contributed by atoms with Gasteiger partial charge in [-0.2, -0.15) is 4.57 Å². The molecule has 0 fully saturated rings. The van der Waals surface area contributed by atoms with Crippen molar-refractivity contribution in [1.29, 1.82) is 0 Å². The molecule has 8 nitrogen and oxygen atoms in total. The van der Waals surface area contributed by atoms with Crippen molar-refractivity contribution >= 4 is 34.7 Å². The quantitative estimate of drug-likeness (QED) is 0.465. The van der Waals surface area contributed by atoms with Crippen molar-refractivity contribution in [2.45, 2.75) is 0 Å². The zero-order valence-corrected chi connectivity index (χ0v) is 17.0. The molecular formula is C24H18N3O5+. The van der Waals surface area contributed by atoms with Gasteiger partial charge in [-0.05, 0) is 71.4 Å². The van der Waals surface area contributed by atoms with Gasteiger partial charge in [0.15, 0.2) is 0 Å². The van der Waals surface area contributed by atoms with Crippen LogP contribution in [0.1, 0.15) is 21.7 Å². The van der Waals surface area contributed by atoms with Crippen LogP contribution < -0.4 is 15.3 Å². The summed E-state index contributed by atoms with van der Waals surface area (Å²) in [6, 6.07) is 17.9. The Bertz CT molecular complexity index is 1420. The normalized spacial score (nSPS) is 11.0. The minimum absolute atomic E-state index is 0.114. The van der Waals surface area contributed by atoms with Crippen molar-refractivity contribution in [1.82, 2.24) is 4.57 Å². The summed E-state index contributed by atoms with van der Waals surface area (Å²) in [5, 5.41) is 12.5. The Morgan fingerprint density at radius 3 is 2.53 bits per heavy atom. The molecule has 32 heavy (non-hydrogen) atoms. The van der Waals surface area contributed by atoms with Crippen LogP contribution in [0.15, 0.2) is 76.7 Å². The third-order valence-electron chi connectivity index (χ3n) is 4.95. The number of aromatic carboxylic acids is 1. The first-order valence-corrected chi connectivity index (χ1v) is 9.61. The lowest BCUT2D eigenvalue weighted by molar-refractivity contribution is -0.355. The van der Waals surface area contributed by atoms with Gasteiger partial charge in [0.2, 0.25) is 0 Å². The standard InChI is InChI=1S/C24H17N3O5/c1-32-19-10-11-21-20(14-19)23(28)27(18-8-6-16(7-9-18)24(29)30)22(25-21)12-5-15-3-2-4-17(13-15)26-31/h2-14H,1H3,(H,29,30)/p+1/b12-5+. The smallest absolute Gasteiger partial charge is 0.350 e. The molecule has 0 spiro atoms. The fraction of sp³-hybridized carbons (Fsp3) is 0.0417. The monoisotopic (exact) mass is 428 g/mol. The molecule has 1 aromatic heterocycles. The zero-order chi connectivity index (χ0) is 22.7. The summed E-state index contributed by atoms with van der Waals surface area (Å²) in [6.07, 6.45) is 3.46. The van der Waals surface area contributed by atoms with Gasteiger partial charge in [0.25, 0.3) is 5.82 Å². The summed E-state index contributed by atoms with van der Waals surface area (Å²) in [6.45, 7) is 0. The SMILES string of the molecule is COc1ccc2[nH+]c(/C=C/c3cccc(N=O)c3)n(-c3ccc(C(=O)O)cc3)c(=O)c2c1. The lowest BCUT2D eigenvalue weighted by Gasteiger charge is -2.06. The average molecular weight is 428 g/mol. The Morgan fingerprint density at radius 1 is 1.06 bits per heavy atom. The molecule has 0 saturated heterocycles. The van der Waals surface area contributed by atoms with Gasteiger partial charge in [-0.1, -0.05) is 12.1 Å². The number of rotatable bonds is 6. The van der Waals surface area contributed by atoms with Crippen molar-refractivity contribution in [3.63, 3.8) is 0 Å². The topological polar surface area (TPSA) is 112 Å². The predicted octanol–water partition coefficient (Wildman–Crippen LogP) is 4.08. The second-order valence-electron chi connectivity index (χ2n) is 6.93. The summed E-state index contributed by atoms with van der Waals surface area (Å²) in [7, 11) is 1.52. The maximum Gasteiger partial charge on any atom is 0.350 e. The first-order valence-electron chi connectivity index (χ1n) is 9.61. The first-order chi connectivity index (χ1) is 15.5. The lowest BCUT2D eigenvalue weighted by atomic mass is 10.1. The highest BCUT2D eigenvalue weighted by Crippen LogP contribution is 2.19. The largest absolute Gasteiger partial charge is 0.497 e. The van der Waals surface area contributed by atoms with E-state index in [9.17, 15) is 19.6 Å². The number of methoxy groups -OCH3 is 1. The predicted molar refractivity (Wildman–Crippen MR) is 120 cm³/mol. The number of carboxylic acid groups (broad SMARTS) is 1. The highest BCUT2D eigenvalue weighted by atomic mass is 16.5. The molecule has 3 aromatic carbocycles. The lowest BCUT2D eigenvalue weighted by Crippen LogP contribution is -2.29. The molecule has 1 heterocycles. The summed E-state index contributed by atoms with van der Waals surface area (Å²) in [5.74, 6) is -0.0556. The van der Waals surface area contributed by atoms with Crippen LogP contribution in [-0.2, 0) is 0 Å². The number of ether oxygens (including phenoxy) is 1. The number of carboxylic acids is 1. The minimum atomic E-state index is -1.05. The molecule has 0 bridgehead atoms. The molecule has 4 aromatic rings. The van der Waals surface area contributed by atoms with Crippen molar-refractivity contribution in [3.8, 4) is 11.4 Å².